The van der Waals surface area contributed by atoms with Crippen molar-refractivity contribution < 1.29 is 32.2 Å². The summed E-state index contributed by atoms with van der Waals surface area (Å²) in [6.45, 7) is 4.54. The van der Waals surface area contributed by atoms with Crippen molar-refractivity contribution in [1.29, 1.82) is 0 Å². The number of carbonyl (C=O) groups excluding carboxylic acids is 2. The highest BCUT2D eigenvalue weighted by atomic mass is 32.2. The van der Waals surface area contributed by atoms with Gasteiger partial charge in [0.1, 0.15) is 12.6 Å². The van der Waals surface area contributed by atoms with E-state index in [9.17, 15) is 18.0 Å². The molecule has 1 unspecified atom stereocenters. The molecule has 3 aromatic rings. The fourth-order valence-corrected chi connectivity index (χ4v) is 7.32. The number of sulfonamides is 1. The van der Waals surface area contributed by atoms with Gasteiger partial charge in [-0.15, -0.1) is 0 Å². The molecule has 0 saturated carbocycles. The van der Waals surface area contributed by atoms with E-state index in [-0.39, 0.29) is 49.4 Å². The van der Waals surface area contributed by atoms with Gasteiger partial charge in [-0.2, -0.15) is 4.31 Å². The fourth-order valence-electron chi connectivity index (χ4n) is 5.74. The number of hydrogen-bond acceptors (Lipinski definition) is 9. The zero-order valence-electron chi connectivity index (χ0n) is 26.4. The molecule has 1 atom stereocenters. The molecule has 0 spiro atoms. The summed E-state index contributed by atoms with van der Waals surface area (Å²) in [6, 6.07) is 20.8. The molecule has 1 N–H and O–H groups in total. The Morgan fingerprint density at radius 3 is 2.24 bits per heavy atom. The number of anilines is 1. The summed E-state index contributed by atoms with van der Waals surface area (Å²) in [7, 11) is -1.28. The van der Waals surface area contributed by atoms with Gasteiger partial charge in [0.2, 0.25) is 15.9 Å². The Kier molecular flexibility index (Phi) is 10.8. The second-order valence-corrected chi connectivity index (χ2v) is 13.1. The fraction of sp³-hybridized carbons (Fsp3) is 0.394. The lowest BCUT2D eigenvalue weighted by Crippen LogP contribution is -2.64. The number of hydrazine groups is 1. The van der Waals surface area contributed by atoms with Crippen molar-refractivity contribution in [3.63, 3.8) is 0 Å². The molecule has 12 nitrogen and oxygen atoms in total. The number of aryl methyl sites for hydroxylation is 1. The van der Waals surface area contributed by atoms with Crippen LogP contribution in [0.2, 0.25) is 0 Å². The summed E-state index contributed by atoms with van der Waals surface area (Å²) in [6.07, 6.45) is 0. The van der Waals surface area contributed by atoms with E-state index < -0.39 is 22.0 Å². The number of benzene rings is 3. The van der Waals surface area contributed by atoms with Crippen LogP contribution in [-0.2, 0) is 31.0 Å². The monoisotopic (exact) mass is 651 g/mol. The van der Waals surface area contributed by atoms with Crippen molar-refractivity contribution in [2.45, 2.75) is 24.5 Å². The van der Waals surface area contributed by atoms with E-state index in [4.69, 9.17) is 14.2 Å². The Hall–Kier alpha value is -4.17. The van der Waals surface area contributed by atoms with E-state index in [1.807, 2.05) is 47.5 Å². The van der Waals surface area contributed by atoms with Crippen LogP contribution in [0.1, 0.15) is 11.1 Å². The first-order valence-electron chi connectivity index (χ1n) is 15.2. The van der Waals surface area contributed by atoms with Gasteiger partial charge in [-0.3, -0.25) is 15.0 Å². The van der Waals surface area contributed by atoms with Crippen molar-refractivity contribution in [3.05, 3.63) is 83.9 Å². The predicted octanol–water partition coefficient (Wildman–Crippen LogP) is 2.28. The van der Waals surface area contributed by atoms with Crippen molar-refractivity contribution in [1.82, 2.24) is 19.6 Å². The van der Waals surface area contributed by atoms with Gasteiger partial charge >= 0.3 is 0 Å². The maximum Gasteiger partial charge on any atom is 0.254 e. The Morgan fingerprint density at radius 2 is 1.54 bits per heavy atom. The molecule has 246 valence electrons. The highest BCUT2D eigenvalue weighted by Crippen LogP contribution is 2.32. The first-order chi connectivity index (χ1) is 22.2. The third-order valence-corrected chi connectivity index (χ3v) is 10.2. The van der Waals surface area contributed by atoms with Crippen LogP contribution in [0, 0.1) is 6.92 Å². The van der Waals surface area contributed by atoms with Crippen molar-refractivity contribution in [3.8, 4) is 11.5 Å². The van der Waals surface area contributed by atoms with E-state index in [0.717, 1.165) is 11.3 Å². The number of amides is 2. The molecule has 0 bridgehead atoms. The zero-order chi connectivity index (χ0) is 32.7. The molecule has 0 aliphatic carbocycles. The number of methoxy groups -OCH3 is 2. The SMILES string of the molecule is COc1ccc(S(=O)(=O)N2CCN(C(=O)COCc3ccccc3)CC2C(=O)NN2CCN(c3ccccc3C)CC2)cc1OC. The largest absolute Gasteiger partial charge is 0.493 e. The quantitative estimate of drug-likeness (QED) is 0.333. The van der Waals surface area contributed by atoms with Crippen molar-refractivity contribution in [2.24, 2.45) is 0 Å². The summed E-state index contributed by atoms with van der Waals surface area (Å²) >= 11 is 0. The molecule has 2 fully saturated rings. The first kappa shape index (κ1) is 33.2. The lowest BCUT2D eigenvalue weighted by molar-refractivity contribution is -0.141. The lowest BCUT2D eigenvalue weighted by Gasteiger charge is -2.41. The molecule has 2 heterocycles. The smallest absolute Gasteiger partial charge is 0.254 e. The maximum atomic E-state index is 14.0. The summed E-state index contributed by atoms with van der Waals surface area (Å²) in [5.74, 6) is -0.188. The van der Waals surface area contributed by atoms with Crippen molar-refractivity contribution in [2.75, 3.05) is 71.5 Å². The number of carbonyl (C=O) groups is 2. The zero-order valence-corrected chi connectivity index (χ0v) is 27.2. The molecule has 0 radical (unpaired) electrons. The molecular weight excluding hydrogens is 610 g/mol. The number of hydrogen-bond donors (Lipinski definition) is 1. The van der Waals surface area contributed by atoms with Gasteiger partial charge in [0.05, 0.1) is 25.7 Å². The number of nitrogens with zero attached hydrogens (tertiary/aromatic N) is 4. The highest BCUT2D eigenvalue weighted by molar-refractivity contribution is 7.89. The molecule has 3 aromatic carbocycles. The number of rotatable bonds is 11. The molecule has 13 heteroatoms. The van der Waals surface area contributed by atoms with E-state index in [2.05, 4.69) is 29.4 Å². The van der Waals surface area contributed by atoms with Crippen LogP contribution in [0.15, 0.2) is 77.7 Å². The molecule has 46 heavy (non-hydrogen) atoms. The van der Waals surface area contributed by atoms with Gasteiger partial charge in [-0.1, -0.05) is 48.5 Å². The van der Waals surface area contributed by atoms with Crippen LogP contribution < -0.4 is 19.8 Å². The third kappa shape index (κ3) is 7.61. The molecule has 0 aromatic heterocycles. The molecule has 2 aliphatic rings. The minimum Gasteiger partial charge on any atom is -0.493 e. The topological polar surface area (TPSA) is 121 Å². The minimum absolute atomic E-state index is 0.0410. The molecule has 5 rings (SSSR count). The Balaban J connectivity index is 1.30. The summed E-state index contributed by atoms with van der Waals surface area (Å²) in [5, 5.41) is 1.81. The second-order valence-electron chi connectivity index (χ2n) is 11.2. The molecule has 2 aliphatic heterocycles. The van der Waals surface area contributed by atoms with Gasteiger partial charge < -0.3 is 24.0 Å². The lowest BCUT2D eigenvalue weighted by atomic mass is 10.1. The summed E-state index contributed by atoms with van der Waals surface area (Å²) in [4.78, 5) is 30.8. The number of para-hydroxylation sites is 1. The highest BCUT2D eigenvalue weighted by Gasteiger charge is 2.42. The van der Waals surface area contributed by atoms with E-state index in [1.165, 1.54) is 47.2 Å². The first-order valence-corrected chi connectivity index (χ1v) is 16.6. The van der Waals surface area contributed by atoms with Gasteiger partial charge in [0, 0.05) is 57.6 Å². The average Bonchev–Trinajstić information content (AvgIpc) is 3.08. The Bertz CT molecular complexity index is 1610. The Morgan fingerprint density at radius 1 is 0.848 bits per heavy atom. The van der Waals surface area contributed by atoms with Gasteiger partial charge in [-0.05, 0) is 36.2 Å². The number of ether oxygens (including phenoxy) is 3. The predicted molar refractivity (Wildman–Crippen MR) is 173 cm³/mol. The van der Waals surface area contributed by atoms with Crippen LogP contribution >= 0.6 is 0 Å². The molecule has 2 amide bonds. The van der Waals surface area contributed by atoms with E-state index in [1.54, 1.807) is 0 Å². The summed E-state index contributed by atoms with van der Waals surface area (Å²) in [5.41, 5.74) is 6.20. The number of piperazine rings is 2. The average molecular weight is 652 g/mol. The molecular formula is C33H41N5O7S. The maximum absolute atomic E-state index is 14.0. The van der Waals surface area contributed by atoms with Gasteiger partial charge in [0.25, 0.3) is 5.91 Å². The normalized spacial score (nSPS) is 17.8. The van der Waals surface area contributed by atoms with Crippen LogP contribution in [0.5, 0.6) is 11.5 Å². The standard InChI is InChI=1S/C33H41N5O7S/c1-25-9-7-8-12-28(25)35-15-18-37(19-16-35)34-33(40)29-22-36(32(39)24-45-23-26-10-5-4-6-11-26)17-20-38(29)46(41,42)27-13-14-30(43-2)31(21-27)44-3/h4-14,21,29H,15-20,22-24H2,1-3H3,(H,34,40). The van der Waals surface area contributed by atoms with Gasteiger partial charge in [0.15, 0.2) is 11.5 Å². The second kappa shape index (κ2) is 14.9. The van der Waals surface area contributed by atoms with Crippen molar-refractivity contribution >= 4 is 27.5 Å². The van der Waals surface area contributed by atoms with Crippen LogP contribution in [0.25, 0.3) is 0 Å². The van der Waals surface area contributed by atoms with E-state index in [0.29, 0.717) is 31.9 Å². The minimum atomic E-state index is -4.17. The van der Waals surface area contributed by atoms with Crippen LogP contribution in [-0.4, -0.2) is 107 Å². The number of nitrogens with one attached hydrogen (secondary N) is 1. The van der Waals surface area contributed by atoms with E-state index >= 15 is 0 Å². The third-order valence-electron chi connectivity index (χ3n) is 8.29. The molecule has 2 saturated heterocycles. The Labute approximate surface area is 270 Å². The van der Waals surface area contributed by atoms with Crippen LogP contribution in [0.3, 0.4) is 0 Å². The van der Waals surface area contributed by atoms with Gasteiger partial charge in [-0.25, -0.2) is 13.4 Å². The summed E-state index contributed by atoms with van der Waals surface area (Å²) < 4.78 is 45.4. The van der Waals surface area contributed by atoms with Crippen LogP contribution in [0.4, 0.5) is 5.69 Å².